The summed E-state index contributed by atoms with van der Waals surface area (Å²) in [6, 6.07) is 12.2. The SMILES string of the molecule is C[C@]1(c2ccc(C(=O)O)cc2)COc2cc(O)ccc2[C@H]1CCCCCCCCCSCCCC(F)(F)C(F)(F)F. The molecule has 1 aliphatic rings. The minimum Gasteiger partial charge on any atom is -0.508 e. The summed E-state index contributed by atoms with van der Waals surface area (Å²) in [4.78, 5) is 11.3. The van der Waals surface area contributed by atoms with Gasteiger partial charge in [0.05, 0.1) is 12.2 Å². The smallest absolute Gasteiger partial charge is 0.453 e. The Morgan fingerprint density at radius 1 is 0.927 bits per heavy atom. The first-order valence-corrected chi connectivity index (χ1v) is 15.3. The van der Waals surface area contributed by atoms with Crippen LogP contribution in [-0.2, 0) is 5.41 Å². The molecule has 2 N–H and O–H groups in total. The summed E-state index contributed by atoms with van der Waals surface area (Å²) >= 11 is 1.43. The van der Waals surface area contributed by atoms with E-state index in [1.807, 2.05) is 18.2 Å². The molecule has 1 aliphatic heterocycles. The van der Waals surface area contributed by atoms with Gasteiger partial charge in [-0.1, -0.05) is 63.6 Å². The highest BCUT2D eigenvalue weighted by atomic mass is 32.2. The van der Waals surface area contributed by atoms with Crippen molar-refractivity contribution in [3.8, 4) is 11.5 Å². The number of carboxylic acid groups (broad SMARTS) is 1. The van der Waals surface area contributed by atoms with E-state index in [9.17, 15) is 37.0 Å². The molecule has 0 amide bonds. The van der Waals surface area contributed by atoms with Gasteiger partial charge < -0.3 is 14.9 Å². The zero-order valence-electron chi connectivity index (χ0n) is 23.3. The van der Waals surface area contributed by atoms with E-state index in [4.69, 9.17) is 4.74 Å². The fourth-order valence-corrected chi connectivity index (χ4v) is 6.40. The zero-order chi connectivity index (χ0) is 30.1. The standard InChI is InChI=1S/C31H39F5O4S/c1-29(23-13-11-22(12-14-23)28(38)39)21-40-27-20-24(37)15-16-25(27)26(29)10-7-5-3-2-4-6-8-18-41-19-9-17-30(32,33)31(34,35)36/h11-16,20,26,37H,2-10,17-19,21H2,1H3,(H,38,39)/t26-,29-/m1/s1. The number of unbranched alkanes of at least 4 members (excludes halogenated alkanes) is 6. The molecule has 0 saturated heterocycles. The second-order valence-electron chi connectivity index (χ2n) is 11.0. The fourth-order valence-electron chi connectivity index (χ4n) is 5.44. The van der Waals surface area contributed by atoms with Crippen LogP contribution in [0.3, 0.4) is 0 Å². The average Bonchev–Trinajstić information content (AvgIpc) is 2.91. The fraction of sp³-hybridized carbons (Fsp3) is 0.581. The van der Waals surface area contributed by atoms with Crippen LogP contribution in [-0.4, -0.2) is 46.4 Å². The Balaban J connectivity index is 1.40. The van der Waals surface area contributed by atoms with Gasteiger partial charge >= 0.3 is 18.1 Å². The van der Waals surface area contributed by atoms with Crippen LogP contribution >= 0.6 is 11.8 Å². The maximum atomic E-state index is 12.9. The van der Waals surface area contributed by atoms with Crippen molar-refractivity contribution >= 4 is 17.7 Å². The van der Waals surface area contributed by atoms with E-state index in [1.54, 1.807) is 24.3 Å². The van der Waals surface area contributed by atoms with Crippen molar-refractivity contribution in [2.75, 3.05) is 18.1 Å². The van der Waals surface area contributed by atoms with Gasteiger partial charge in [0, 0.05) is 23.8 Å². The third kappa shape index (κ3) is 9.00. The molecule has 41 heavy (non-hydrogen) atoms. The molecule has 2 aromatic carbocycles. The van der Waals surface area contributed by atoms with Crippen LogP contribution in [0.25, 0.3) is 0 Å². The van der Waals surface area contributed by atoms with Gasteiger partial charge in [-0.2, -0.15) is 33.7 Å². The molecule has 0 fully saturated rings. The predicted octanol–water partition coefficient (Wildman–Crippen LogP) is 9.36. The minimum atomic E-state index is -5.47. The van der Waals surface area contributed by atoms with Crippen LogP contribution in [0.4, 0.5) is 22.0 Å². The highest BCUT2D eigenvalue weighted by Gasteiger charge is 2.56. The first-order chi connectivity index (χ1) is 19.3. The Hall–Kier alpha value is -2.49. The molecule has 10 heteroatoms. The molecule has 0 bridgehead atoms. The normalized spacial score (nSPS) is 19.0. The molecule has 0 saturated carbocycles. The number of aromatic hydroxyl groups is 1. The average molecular weight is 603 g/mol. The van der Waals surface area contributed by atoms with Crippen molar-refractivity contribution in [2.45, 2.75) is 94.6 Å². The topological polar surface area (TPSA) is 66.8 Å². The molecule has 0 spiro atoms. The Labute approximate surface area is 242 Å². The molecule has 3 rings (SSSR count). The highest BCUT2D eigenvalue weighted by molar-refractivity contribution is 7.99. The van der Waals surface area contributed by atoms with E-state index in [2.05, 4.69) is 6.92 Å². The lowest BCUT2D eigenvalue weighted by Crippen LogP contribution is -2.40. The van der Waals surface area contributed by atoms with E-state index in [-0.39, 0.29) is 29.1 Å². The van der Waals surface area contributed by atoms with Gasteiger partial charge in [-0.25, -0.2) is 4.79 Å². The van der Waals surface area contributed by atoms with Crippen molar-refractivity contribution in [1.82, 2.24) is 0 Å². The van der Waals surface area contributed by atoms with Crippen LogP contribution < -0.4 is 4.74 Å². The summed E-state index contributed by atoms with van der Waals surface area (Å²) in [5, 5.41) is 19.2. The largest absolute Gasteiger partial charge is 0.508 e. The van der Waals surface area contributed by atoms with Crippen molar-refractivity contribution in [3.63, 3.8) is 0 Å². The quantitative estimate of drug-likeness (QED) is 0.148. The number of carbonyl (C=O) groups is 1. The lowest BCUT2D eigenvalue weighted by Gasteiger charge is -2.43. The number of phenolic OH excluding ortho intramolecular Hbond substituents is 1. The molecule has 0 unspecified atom stereocenters. The van der Waals surface area contributed by atoms with Crippen LogP contribution in [0.5, 0.6) is 11.5 Å². The number of carboxylic acids is 1. The van der Waals surface area contributed by atoms with Crippen LogP contribution in [0.2, 0.25) is 0 Å². The Morgan fingerprint density at radius 2 is 1.54 bits per heavy atom. The molecule has 228 valence electrons. The summed E-state index contributed by atoms with van der Waals surface area (Å²) in [6.45, 7) is 2.56. The molecule has 4 nitrogen and oxygen atoms in total. The van der Waals surface area contributed by atoms with Crippen LogP contribution in [0, 0.1) is 0 Å². The van der Waals surface area contributed by atoms with Gasteiger partial charge in [0.1, 0.15) is 11.5 Å². The first-order valence-electron chi connectivity index (χ1n) is 14.2. The number of thioether (sulfide) groups is 1. The lowest BCUT2D eigenvalue weighted by atomic mass is 9.66. The van der Waals surface area contributed by atoms with Gasteiger partial charge in [-0.15, -0.1) is 0 Å². The summed E-state index contributed by atoms with van der Waals surface area (Å²) in [5.41, 5.74) is 1.93. The van der Waals surface area contributed by atoms with Crippen molar-refractivity contribution in [1.29, 1.82) is 0 Å². The number of ether oxygens (including phenoxy) is 1. The van der Waals surface area contributed by atoms with Crippen molar-refractivity contribution in [3.05, 3.63) is 59.2 Å². The number of rotatable bonds is 16. The molecule has 0 aliphatic carbocycles. The second kappa shape index (κ2) is 14.6. The number of hydrogen-bond donors (Lipinski definition) is 2. The van der Waals surface area contributed by atoms with Gasteiger partial charge in [0.15, 0.2) is 0 Å². The van der Waals surface area contributed by atoms with E-state index in [1.165, 1.54) is 11.8 Å². The lowest BCUT2D eigenvalue weighted by molar-refractivity contribution is -0.284. The summed E-state index contributed by atoms with van der Waals surface area (Å²) < 4.78 is 68.4. The maximum absolute atomic E-state index is 12.9. The minimum absolute atomic E-state index is 0.135. The molecule has 0 radical (unpaired) electrons. The molecule has 1 heterocycles. The van der Waals surface area contributed by atoms with Crippen LogP contribution in [0.1, 0.15) is 98.5 Å². The second-order valence-corrected chi connectivity index (χ2v) is 12.3. The number of halogens is 5. The number of fused-ring (bicyclic) bond motifs is 1. The van der Waals surface area contributed by atoms with E-state index in [0.29, 0.717) is 18.1 Å². The predicted molar refractivity (Wildman–Crippen MR) is 152 cm³/mol. The molecule has 2 atom stereocenters. The number of alkyl halides is 5. The molecular weight excluding hydrogens is 563 g/mol. The van der Waals surface area contributed by atoms with E-state index < -0.39 is 24.5 Å². The number of phenols is 1. The third-order valence-electron chi connectivity index (χ3n) is 7.94. The molecular formula is C31H39F5O4S. The van der Waals surface area contributed by atoms with Crippen molar-refractivity contribution < 1.29 is 41.7 Å². The van der Waals surface area contributed by atoms with Gasteiger partial charge in [-0.3, -0.25) is 0 Å². The summed E-state index contributed by atoms with van der Waals surface area (Å²) in [5.74, 6) is -3.52. The molecule has 2 aromatic rings. The number of aromatic carboxylic acids is 1. The first kappa shape index (κ1) is 33.0. The van der Waals surface area contributed by atoms with Gasteiger partial charge in [0.25, 0.3) is 0 Å². The van der Waals surface area contributed by atoms with Gasteiger partial charge in [0.2, 0.25) is 0 Å². The Kier molecular flexibility index (Phi) is 11.8. The third-order valence-corrected chi connectivity index (χ3v) is 9.09. The summed E-state index contributed by atoms with van der Waals surface area (Å²) in [7, 11) is 0. The zero-order valence-corrected chi connectivity index (χ0v) is 24.1. The molecule has 0 aromatic heterocycles. The van der Waals surface area contributed by atoms with Crippen LogP contribution in [0.15, 0.2) is 42.5 Å². The van der Waals surface area contributed by atoms with E-state index in [0.717, 1.165) is 68.2 Å². The maximum Gasteiger partial charge on any atom is 0.453 e. The van der Waals surface area contributed by atoms with E-state index >= 15 is 0 Å². The van der Waals surface area contributed by atoms with Gasteiger partial charge in [-0.05, 0) is 60.1 Å². The number of benzene rings is 2. The summed E-state index contributed by atoms with van der Waals surface area (Å²) in [6.07, 6.45) is 1.35. The monoisotopic (exact) mass is 602 g/mol. The highest BCUT2D eigenvalue weighted by Crippen LogP contribution is 2.49. The Bertz CT molecular complexity index is 1120. The Morgan fingerprint density at radius 3 is 2.17 bits per heavy atom. The van der Waals surface area contributed by atoms with Crippen molar-refractivity contribution in [2.24, 2.45) is 0 Å². The number of hydrogen-bond acceptors (Lipinski definition) is 4.